The molecular weight excluding hydrogens is 375 g/mol. The van der Waals surface area contributed by atoms with E-state index >= 15 is 0 Å². The lowest BCUT2D eigenvalue weighted by Crippen LogP contribution is -2.28. The van der Waals surface area contributed by atoms with Crippen molar-refractivity contribution in [3.05, 3.63) is 60.2 Å². The first-order valence-corrected chi connectivity index (χ1v) is 9.32. The predicted molar refractivity (Wildman–Crippen MR) is 108 cm³/mol. The van der Waals surface area contributed by atoms with Crippen molar-refractivity contribution >= 4 is 28.5 Å². The molecule has 1 aromatic heterocycles. The molecule has 0 bridgehead atoms. The quantitative estimate of drug-likeness (QED) is 0.543. The van der Waals surface area contributed by atoms with Crippen molar-refractivity contribution in [2.75, 3.05) is 25.6 Å². The number of hydrogen-bond acceptors (Lipinski definition) is 4. The maximum absolute atomic E-state index is 13.3. The minimum atomic E-state index is -0.410. The van der Waals surface area contributed by atoms with Crippen molar-refractivity contribution in [1.82, 2.24) is 14.9 Å². The minimum absolute atomic E-state index is 0.0266. The van der Waals surface area contributed by atoms with Gasteiger partial charge in [-0.15, -0.1) is 0 Å². The van der Waals surface area contributed by atoms with Gasteiger partial charge in [0.25, 0.3) is 0 Å². The maximum atomic E-state index is 13.3. The van der Waals surface area contributed by atoms with Crippen LogP contribution in [0, 0.1) is 5.82 Å². The molecule has 0 saturated carbocycles. The van der Waals surface area contributed by atoms with Gasteiger partial charge in [0.15, 0.2) is 0 Å². The van der Waals surface area contributed by atoms with Gasteiger partial charge in [0.2, 0.25) is 11.8 Å². The first-order chi connectivity index (χ1) is 14.1. The number of aryl methyl sites for hydroxylation is 1. The van der Waals surface area contributed by atoms with Gasteiger partial charge in [-0.2, -0.15) is 0 Å². The van der Waals surface area contributed by atoms with E-state index in [4.69, 9.17) is 4.74 Å². The van der Waals surface area contributed by atoms with Crippen LogP contribution in [0.4, 0.5) is 10.1 Å². The molecule has 8 heteroatoms. The number of hydrogen-bond donors (Lipinski definition) is 2. The Bertz CT molecular complexity index is 1000. The number of para-hydroxylation sites is 2. The smallest absolute Gasteiger partial charge is 0.245 e. The Kier molecular flexibility index (Phi) is 6.91. The van der Waals surface area contributed by atoms with E-state index in [1.807, 2.05) is 28.8 Å². The Hall–Kier alpha value is -3.26. The molecule has 0 fully saturated rings. The number of rotatable bonds is 9. The molecular formula is C21H23FN4O3. The van der Waals surface area contributed by atoms with Crippen molar-refractivity contribution in [2.45, 2.75) is 19.4 Å². The van der Waals surface area contributed by atoms with E-state index in [1.165, 1.54) is 19.2 Å². The van der Waals surface area contributed by atoms with E-state index in [-0.39, 0.29) is 25.0 Å². The molecule has 0 spiro atoms. The molecule has 0 aliphatic carbocycles. The molecule has 3 aromatic rings. The van der Waals surface area contributed by atoms with Crippen molar-refractivity contribution in [3.63, 3.8) is 0 Å². The maximum Gasteiger partial charge on any atom is 0.245 e. The van der Waals surface area contributed by atoms with Gasteiger partial charge < -0.3 is 19.9 Å². The van der Waals surface area contributed by atoms with Gasteiger partial charge in [-0.1, -0.05) is 18.2 Å². The number of nitrogens with one attached hydrogen (secondary N) is 2. The number of carbonyl (C=O) groups excluding carboxylic acids is 2. The summed E-state index contributed by atoms with van der Waals surface area (Å²) in [6, 6.07) is 13.3. The molecule has 0 aliphatic rings. The van der Waals surface area contributed by atoms with Gasteiger partial charge in [-0.25, -0.2) is 9.37 Å². The second-order valence-corrected chi connectivity index (χ2v) is 6.55. The van der Waals surface area contributed by atoms with Crippen LogP contribution >= 0.6 is 0 Å². The number of amides is 2. The third kappa shape index (κ3) is 5.61. The summed E-state index contributed by atoms with van der Waals surface area (Å²) in [7, 11) is 1.47. The molecule has 29 heavy (non-hydrogen) atoms. The first-order valence-electron chi connectivity index (χ1n) is 9.32. The van der Waals surface area contributed by atoms with E-state index in [2.05, 4.69) is 15.6 Å². The number of anilines is 1. The lowest BCUT2D eigenvalue weighted by atomic mass is 10.3. The average molecular weight is 398 g/mol. The van der Waals surface area contributed by atoms with E-state index < -0.39 is 5.82 Å². The zero-order chi connectivity index (χ0) is 20.6. The Morgan fingerprint density at radius 3 is 2.76 bits per heavy atom. The molecule has 152 valence electrons. The molecule has 0 atom stereocenters. The van der Waals surface area contributed by atoms with E-state index in [1.54, 1.807) is 12.1 Å². The monoisotopic (exact) mass is 398 g/mol. The van der Waals surface area contributed by atoms with Gasteiger partial charge in [0, 0.05) is 25.8 Å². The largest absolute Gasteiger partial charge is 0.375 e. The van der Waals surface area contributed by atoms with Crippen molar-refractivity contribution in [3.8, 4) is 0 Å². The number of methoxy groups -OCH3 is 1. The van der Waals surface area contributed by atoms with Crippen molar-refractivity contribution in [1.29, 1.82) is 0 Å². The molecule has 1 heterocycles. The standard InChI is InChI=1S/C21H23FN4O3/c1-29-14-21(28)23-11-5-10-19-25-17-8-2-3-9-18(17)26(19)13-20(27)24-16-7-4-6-15(22)12-16/h2-4,6-9,12H,5,10-11,13-14H2,1H3,(H,23,28)(H,24,27). The summed E-state index contributed by atoms with van der Waals surface area (Å²) in [6.45, 7) is 0.571. The first kappa shape index (κ1) is 20.5. The average Bonchev–Trinajstić information content (AvgIpc) is 3.03. The molecule has 0 saturated heterocycles. The van der Waals surface area contributed by atoms with Gasteiger partial charge in [-0.05, 0) is 36.8 Å². The van der Waals surface area contributed by atoms with Gasteiger partial charge in [-0.3, -0.25) is 9.59 Å². The number of ether oxygens (including phenoxy) is 1. The molecule has 2 aromatic carbocycles. The highest BCUT2D eigenvalue weighted by atomic mass is 19.1. The van der Waals surface area contributed by atoms with Crippen LogP contribution in [0.2, 0.25) is 0 Å². The normalized spacial score (nSPS) is 10.8. The fraction of sp³-hybridized carbons (Fsp3) is 0.286. The van der Waals surface area contributed by atoms with Crippen LogP contribution in [0.15, 0.2) is 48.5 Å². The van der Waals surface area contributed by atoms with Gasteiger partial charge in [0.05, 0.1) is 11.0 Å². The summed E-state index contributed by atoms with van der Waals surface area (Å²) in [4.78, 5) is 28.6. The van der Waals surface area contributed by atoms with Crippen molar-refractivity contribution < 1.29 is 18.7 Å². The molecule has 0 aliphatic heterocycles. The van der Waals surface area contributed by atoms with Crippen LogP contribution in [0.5, 0.6) is 0 Å². The number of fused-ring (bicyclic) bond motifs is 1. The molecule has 2 amide bonds. The van der Waals surface area contributed by atoms with Crippen molar-refractivity contribution in [2.24, 2.45) is 0 Å². The van der Waals surface area contributed by atoms with E-state index in [0.29, 0.717) is 25.1 Å². The third-order valence-electron chi connectivity index (χ3n) is 4.32. The lowest BCUT2D eigenvalue weighted by Gasteiger charge is -2.10. The highest BCUT2D eigenvalue weighted by molar-refractivity contribution is 5.91. The second-order valence-electron chi connectivity index (χ2n) is 6.55. The Balaban J connectivity index is 1.69. The molecule has 3 rings (SSSR count). The fourth-order valence-corrected chi connectivity index (χ4v) is 3.06. The highest BCUT2D eigenvalue weighted by Gasteiger charge is 2.14. The number of nitrogens with zero attached hydrogens (tertiary/aromatic N) is 2. The zero-order valence-electron chi connectivity index (χ0n) is 16.2. The molecule has 0 unspecified atom stereocenters. The Labute approximate surface area is 167 Å². The number of halogens is 1. The van der Waals surface area contributed by atoms with Crippen LogP contribution in [0.25, 0.3) is 11.0 Å². The van der Waals surface area contributed by atoms with E-state index in [0.717, 1.165) is 16.9 Å². The number of aromatic nitrogens is 2. The molecule has 7 nitrogen and oxygen atoms in total. The minimum Gasteiger partial charge on any atom is -0.375 e. The predicted octanol–water partition coefficient (Wildman–Crippen LogP) is 2.51. The van der Waals surface area contributed by atoms with Gasteiger partial charge >= 0.3 is 0 Å². The SMILES string of the molecule is COCC(=O)NCCCc1nc2ccccc2n1CC(=O)Nc1cccc(F)c1. The Morgan fingerprint density at radius 2 is 1.97 bits per heavy atom. The highest BCUT2D eigenvalue weighted by Crippen LogP contribution is 2.18. The summed E-state index contributed by atoms with van der Waals surface area (Å²) in [5.41, 5.74) is 2.05. The summed E-state index contributed by atoms with van der Waals surface area (Å²) in [5, 5.41) is 5.48. The van der Waals surface area contributed by atoms with Crippen LogP contribution < -0.4 is 10.6 Å². The topological polar surface area (TPSA) is 85.2 Å². The summed E-state index contributed by atoms with van der Waals surface area (Å²) in [5.74, 6) is -0.0995. The van der Waals surface area contributed by atoms with Crippen LogP contribution in [0.3, 0.4) is 0 Å². The Morgan fingerprint density at radius 1 is 1.14 bits per heavy atom. The van der Waals surface area contributed by atoms with Crippen LogP contribution in [0.1, 0.15) is 12.2 Å². The lowest BCUT2D eigenvalue weighted by molar-refractivity contribution is -0.124. The second kappa shape index (κ2) is 9.79. The number of benzene rings is 2. The van der Waals surface area contributed by atoms with Crippen LogP contribution in [-0.2, 0) is 27.3 Å². The molecule has 0 radical (unpaired) electrons. The number of imidazole rings is 1. The fourth-order valence-electron chi connectivity index (χ4n) is 3.06. The summed E-state index contributed by atoms with van der Waals surface area (Å²) in [6.07, 6.45) is 1.26. The molecule has 2 N–H and O–H groups in total. The zero-order valence-corrected chi connectivity index (χ0v) is 16.2. The third-order valence-corrected chi connectivity index (χ3v) is 4.32. The summed E-state index contributed by atoms with van der Waals surface area (Å²) >= 11 is 0. The summed E-state index contributed by atoms with van der Waals surface area (Å²) < 4.78 is 20.0. The van der Waals surface area contributed by atoms with Crippen LogP contribution in [-0.4, -0.2) is 41.6 Å². The van der Waals surface area contributed by atoms with E-state index in [9.17, 15) is 14.0 Å². The number of carbonyl (C=O) groups is 2. The van der Waals surface area contributed by atoms with Gasteiger partial charge in [0.1, 0.15) is 24.8 Å².